The Kier molecular flexibility index (Phi) is 6.03. The van der Waals surface area contributed by atoms with Crippen LogP contribution in [0.3, 0.4) is 0 Å². The summed E-state index contributed by atoms with van der Waals surface area (Å²) in [6.07, 6.45) is 1.18. The van der Waals surface area contributed by atoms with E-state index >= 15 is 0 Å². The van der Waals surface area contributed by atoms with E-state index in [1.54, 1.807) is 0 Å². The molecule has 2 N–H and O–H groups in total. The SMILES string of the molecule is CC1CN(C)C(C)CC1NCc1ccccc1OCCO. The Morgan fingerprint density at radius 2 is 2.10 bits per heavy atom. The number of hydrogen-bond donors (Lipinski definition) is 2. The van der Waals surface area contributed by atoms with Crippen LogP contribution in [0.4, 0.5) is 0 Å². The molecule has 1 aromatic carbocycles. The van der Waals surface area contributed by atoms with Crippen molar-refractivity contribution in [3.63, 3.8) is 0 Å². The molecule has 1 aliphatic rings. The first-order valence-corrected chi connectivity index (χ1v) is 7.87. The van der Waals surface area contributed by atoms with E-state index in [9.17, 15) is 0 Å². The Labute approximate surface area is 128 Å². The van der Waals surface area contributed by atoms with Gasteiger partial charge >= 0.3 is 0 Å². The third kappa shape index (κ3) is 4.43. The topological polar surface area (TPSA) is 44.7 Å². The van der Waals surface area contributed by atoms with Crippen molar-refractivity contribution >= 4 is 0 Å². The summed E-state index contributed by atoms with van der Waals surface area (Å²) in [6, 6.07) is 9.22. The lowest BCUT2D eigenvalue weighted by Gasteiger charge is -2.40. The Balaban J connectivity index is 1.93. The van der Waals surface area contributed by atoms with E-state index in [4.69, 9.17) is 9.84 Å². The highest BCUT2D eigenvalue weighted by Crippen LogP contribution is 2.23. The maximum atomic E-state index is 8.90. The molecular formula is C17H28N2O2. The molecule has 118 valence electrons. The highest BCUT2D eigenvalue weighted by Gasteiger charge is 2.28. The Bertz CT molecular complexity index is 439. The second-order valence-electron chi connectivity index (χ2n) is 6.17. The largest absolute Gasteiger partial charge is 0.491 e. The van der Waals surface area contributed by atoms with Gasteiger partial charge in [-0.1, -0.05) is 25.1 Å². The molecule has 0 saturated carbocycles. The lowest BCUT2D eigenvalue weighted by atomic mass is 9.89. The molecule has 0 amide bonds. The van der Waals surface area contributed by atoms with Crippen molar-refractivity contribution in [1.29, 1.82) is 0 Å². The van der Waals surface area contributed by atoms with E-state index in [0.717, 1.165) is 24.4 Å². The van der Waals surface area contributed by atoms with Crippen LogP contribution in [0, 0.1) is 5.92 Å². The number of nitrogens with zero attached hydrogens (tertiary/aromatic N) is 1. The molecule has 0 aromatic heterocycles. The van der Waals surface area contributed by atoms with Gasteiger partial charge in [0.15, 0.2) is 0 Å². The molecule has 1 heterocycles. The first kappa shape index (κ1) is 16.3. The van der Waals surface area contributed by atoms with Gasteiger partial charge in [-0.15, -0.1) is 0 Å². The van der Waals surface area contributed by atoms with E-state index < -0.39 is 0 Å². The number of nitrogens with one attached hydrogen (secondary N) is 1. The zero-order valence-electron chi connectivity index (χ0n) is 13.4. The zero-order chi connectivity index (χ0) is 15.2. The van der Waals surface area contributed by atoms with Crippen molar-refractivity contribution < 1.29 is 9.84 Å². The minimum atomic E-state index is 0.0469. The van der Waals surface area contributed by atoms with Gasteiger partial charge in [-0.2, -0.15) is 0 Å². The third-order valence-electron chi connectivity index (χ3n) is 4.49. The summed E-state index contributed by atoms with van der Waals surface area (Å²) in [5, 5.41) is 12.6. The molecule has 0 spiro atoms. The molecule has 4 heteroatoms. The summed E-state index contributed by atoms with van der Waals surface area (Å²) < 4.78 is 5.59. The van der Waals surface area contributed by atoms with Crippen molar-refractivity contribution in [2.24, 2.45) is 5.92 Å². The van der Waals surface area contributed by atoms with Gasteiger partial charge in [-0.05, 0) is 32.4 Å². The minimum absolute atomic E-state index is 0.0469. The number of likely N-dealkylation sites (tertiary alicyclic amines) is 1. The number of piperidine rings is 1. The van der Waals surface area contributed by atoms with Crippen LogP contribution >= 0.6 is 0 Å². The van der Waals surface area contributed by atoms with Gasteiger partial charge < -0.3 is 20.1 Å². The quantitative estimate of drug-likeness (QED) is 0.840. The van der Waals surface area contributed by atoms with Crippen molar-refractivity contribution in [2.75, 3.05) is 26.8 Å². The molecule has 1 aromatic rings. The fourth-order valence-corrected chi connectivity index (χ4v) is 3.01. The second-order valence-corrected chi connectivity index (χ2v) is 6.17. The van der Waals surface area contributed by atoms with Crippen LogP contribution in [0.2, 0.25) is 0 Å². The molecule has 4 nitrogen and oxygen atoms in total. The number of benzene rings is 1. The van der Waals surface area contributed by atoms with Crippen molar-refractivity contribution in [3.8, 4) is 5.75 Å². The van der Waals surface area contributed by atoms with Crippen LogP contribution in [-0.4, -0.2) is 48.9 Å². The average Bonchev–Trinajstić information content (AvgIpc) is 2.48. The summed E-state index contributed by atoms with van der Waals surface area (Å²) in [5.41, 5.74) is 1.16. The van der Waals surface area contributed by atoms with Crippen LogP contribution in [-0.2, 0) is 6.54 Å². The Morgan fingerprint density at radius 1 is 1.33 bits per heavy atom. The predicted molar refractivity (Wildman–Crippen MR) is 85.5 cm³/mol. The van der Waals surface area contributed by atoms with E-state index in [0.29, 0.717) is 24.6 Å². The predicted octanol–water partition coefficient (Wildman–Crippen LogP) is 1.88. The van der Waals surface area contributed by atoms with Gasteiger partial charge in [0.1, 0.15) is 12.4 Å². The standard InChI is InChI=1S/C17H28N2O2/c1-13-12-19(3)14(2)10-16(13)18-11-15-6-4-5-7-17(15)21-9-8-20/h4-7,13-14,16,18,20H,8-12H2,1-3H3. The van der Waals surface area contributed by atoms with Crippen LogP contribution in [0.1, 0.15) is 25.8 Å². The first-order chi connectivity index (χ1) is 10.1. The van der Waals surface area contributed by atoms with Crippen LogP contribution < -0.4 is 10.1 Å². The van der Waals surface area contributed by atoms with Crippen LogP contribution in [0.15, 0.2) is 24.3 Å². The molecule has 0 aliphatic carbocycles. The second kappa shape index (κ2) is 7.78. The van der Waals surface area contributed by atoms with Gasteiger partial charge in [0.25, 0.3) is 0 Å². The Morgan fingerprint density at radius 3 is 2.86 bits per heavy atom. The molecular weight excluding hydrogens is 264 g/mol. The zero-order valence-corrected chi connectivity index (χ0v) is 13.4. The fraction of sp³-hybridized carbons (Fsp3) is 0.647. The lowest BCUT2D eigenvalue weighted by molar-refractivity contribution is 0.121. The van der Waals surface area contributed by atoms with Crippen LogP contribution in [0.25, 0.3) is 0 Å². The van der Waals surface area contributed by atoms with Crippen molar-refractivity contribution in [3.05, 3.63) is 29.8 Å². The average molecular weight is 292 g/mol. The van der Waals surface area contributed by atoms with Crippen LogP contribution in [0.5, 0.6) is 5.75 Å². The molecule has 2 rings (SSSR count). The number of ether oxygens (including phenoxy) is 1. The maximum absolute atomic E-state index is 8.90. The van der Waals surface area contributed by atoms with Gasteiger partial charge in [0.05, 0.1) is 6.61 Å². The molecule has 21 heavy (non-hydrogen) atoms. The number of para-hydroxylation sites is 1. The van der Waals surface area contributed by atoms with Gasteiger partial charge in [-0.25, -0.2) is 0 Å². The summed E-state index contributed by atoms with van der Waals surface area (Å²) >= 11 is 0. The Hall–Kier alpha value is -1.10. The smallest absolute Gasteiger partial charge is 0.123 e. The normalized spacial score (nSPS) is 26.8. The fourth-order valence-electron chi connectivity index (χ4n) is 3.01. The van der Waals surface area contributed by atoms with Gasteiger partial charge in [0, 0.05) is 30.7 Å². The number of aliphatic hydroxyl groups excluding tert-OH is 1. The summed E-state index contributed by atoms with van der Waals surface area (Å²) in [7, 11) is 2.20. The highest BCUT2D eigenvalue weighted by molar-refractivity contribution is 5.33. The first-order valence-electron chi connectivity index (χ1n) is 7.87. The third-order valence-corrected chi connectivity index (χ3v) is 4.49. The van der Waals surface area contributed by atoms with Crippen molar-refractivity contribution in [1.82, 2.24) is 10.2 Å². The lowest BCUT2D eigenvalue weighted by Crippen LogP contribution is -2.50. The number of rotatable bonds is 6. The molecule has 1 aliphatic heterocycles. The van der Waals surface area contributed by atoms with Crippen molar-refractivity contribution in [2.45, 2.75) is 38.9 Å². The molecule has 3 atom stereocenters. The monoisotopic (exact) mass is 292 g/mol. The maximum Gasteiger partial charge on any atom is 0.123 e. The summed E-state index contributed by atoms with van der Waals surface area (Å²) in [6.45, 7) is 6.95. The van der Waals surface area contributed by atoms with E-state index in [1.165, 1.54) is 6.42 Å². The number of hydrogen-bond acceptors (Lipinski definition) is 4. The minimum Gasteiger partial charge on any atom is -0.491 e. The molecule has 0 bridgehead atoms. The van der Waals surface area contributed by atoms with E-state index in [-0.39, 0.29) is 6.61 Å². The van der Waals surface area contributed by atoms with Gasteiger partial charge in [0.2, 0.25) is 0 Å². The molecule has 1 saturated heterocycles. The van der Waals surface area contributed by atoms with E-state index in [2.05, 4.69) is 37.2 Å². The number of aliphatic hydroxyl groups is 1. The van der Waals surface area contributed by atoms with E-state index in [1.807, 2.05) is 18.2 Å². The molecule has 1 fully saturated rings. The summed E-state index contributed by atoms with van der Waals surface area (Å²) in [5.74, 6) is 1.52. The molecule has 0 radical (unpaired) electrons. The summed E-state index contributed by atoms with van der Waals surface area (Å²) in [4.78, 5) is 2.43. The van der Waals surface area contributed by atoms with Gasteiger partial charge in [-0.3, -0.25) is 0 Å². The molecule has 3 unspecified atom stereocenters. The highest BCUT2D eigenvalue weighted by atomic mass is 16.5.